The topological polar surface area (TPSA) is 118 Å². The van der Waals surface area contributed by atoms with Crippen LogP contribution in [0.2, 0.25) is 0 Å². The van der Waals surface area contributed by atoms with E-state index in [1.807, 2.05) is 37.3 Å². The number of carbonyl (C=O) groups excluding carboxylic acids is 2. The molecule has 0 spiro atoms. The molecule has 1 aromatic heterocycles. The molecule has 0 fully saturated rings. The highest BCUT2D eigenvalue weighted by atomic mass is 16.5. The average Bonchev–Trinajstić information content (AvgIpc) is 3.05. The van der Waals surface area contributed by atoms with Crippen molar-refractivity contribution < 1.29 is 14.3 Å². The molecule has 2 N–H and O–H groups in total. The van der Waals surface area contributed by atoms with E-state index < -0.39 is 11.8 Å². The van der Waals surface area contributed by atoms with Crippen LogP contribution < -0.4 is 21.3 Å². The molecule has 0 saturated heterocycles. The summed E-state index contributed by atoms with van der Waals surface area (Å²) in [7, 11) is 0. The van der Waals surface area contributed by atoms with E-state index in [4.69, 9.17) is 10.00 Å². The minimum absolute atomic E-state index is 0.00995. The fraction of sp³-hybridized carbons (Fsp3) is 0.238. The molecule has 0 unspecified atom stereocenters. The lowest BCUT2D eigenvalue weighted by Crippen LogP contribution is -2.44. The van der Waals surface area contributed by atoms with Crippen molar-refractivity contribution in [1.29, 1.82) is 5.26 Å². The van der Waals surface area contributed by atoms with Crippen molar-refractivity contribution in [3.8, 4) is 11.8 Å². The minimum atomic E-state index is -0.573. The maximum absolute atomic E-state index is 12.6. The SMILES string of the molecule is CCn1c(=O)n(CCC(=O)NNC(=O)COc2ccccc2C#N)c2ccccc21. The van der Waals surface area contributed by atoms with E-state index >= 15 is 0 Å². The molecule has 2 amide bonds. The van der Waals surface area contributed by atoms with Crippen molar-refractivity contribution in [3.63, 3.8) is 0 Å². The summed E-state index contributed by atoms with van der Waals surface area (Å²) in [5, 5.41) is 9.00. The largest absolute Gasteiger partial charge is 0.482 e. The summed E-state index contributed by atoms with van der Waals surface area (Å²) < 4.78 is 8.48. The Morgan fingerprint density at radius 1 is 1.00 bits per heavy atom. The van der Waals surface area contributed by atoms with Gasteiger partial charge < -0.3 is 4.74 Å². The zero-order chi connectivity index (χ0) is 21.5. The van der Waals surface area contributed by atoms with E-state index in [9.17, 15) is 14.4 Å². The Hall–Kier alpha value is -4.06. The van der Waals surface area contributed by atoms with Gasteiger partial charge in [0.1, 0.15) is 11.8 Å². The molecular formula is C21H21N5O4. The summed E-state index contributed by atoms with van der Waals surface area (Å²) >= 11 is 0. The predicted molar refractivity (Wildman–Crippen MR) is 109 cm³/mol. The third-order valence-electron chi connectivity index (χ3n) is 4.51. The Labute approximate surface area is 172 Å². The molecule has 0 radical (unpaired) electrons. The third kappa shape index (κ3) is 4.50. The molecule has 0 aliphatic rings. The number of nitriles is 1. The molecule has 1 heterocycles. The number of benzene rings is 2. The van der Waals surface area contributed by atoms with Gasteiger partial charge in [0.05, 0.1) is 16.6 Å². The van der Waals surface area contributed by atoms with Gasteiger partial charge in [0.2, 0.25) is 5.91 Å². The summed E-state index contributed by atoms with van der Waals surface area (Å²) in [6.45, 7) is 2.24. The number of nitrogens with one attached hydrogen (secondary N) is 2. The first kappa shape index (κ1) is 20.7. The highest BCUT2D eigenvalue weighted by molar-refractivity contribution is 5.83. The number of amides is 2. The number of hydrogen-bond donors (Lipinski definition) is 2. The number of para-hydroxylation sites is 3. The van der Waals surface area contributed by atoms with Crippen molar-refractivity contribution in [2.45, 2.75) is 26.4 Å². The van der Waals surface area contributed by atoms with E-state index in [2.05, 4.69) is 10.9 Å². The van der Waals surface area contributed by atoms with Gasteiger partial charge in [-0.15, -0.1) is 0 Å². The van der Waals surface area contributed by atoms with Crippen LogP contribution in [0.25, 0.3) is 11.0 Å². The third-order valence-corrected chi connectivity index (χ3v) is 4.51. The second-order valence-electron chi connectivity index (χ2n) is 6.41. The van der Waals surface area contributed by atoms with Gasteiger partial charge in [0.15, 0.2) is 6.61 Å². The minimum Gasteiger partial charge on any atom is -0.482 e. The normalized spacial score (nSPS) is 10.4. The zero-order valence-electron chi connectivity index (χ0n) is 16.4. The first-order valence-electron chi connectivity index (χ1n) is 9.42. The van der Waals surface area contributed by atoms with Gasteiger partial charge in [-0.3, -0.25) is 29.6 Å². The van der Waals surface area contributed by atoms with E-state index in [1.165, 1.54) is 0 Å². The van der Waals surface area contributed by atoms with Crippen molar-refractivity contribution in [2.24, 2.45) is 0 Å². The molecule has 0 atom stereocenters. The van der Waals surface area contributed by atoms with Crippen molar-refractivity contribution in [2.75, 3.05) is 6.61 Å². The van der Waals surface area contributed by atoms with E-state index in [1.54, 1.807) is 33.4 Å². The van der Waals surface area contributed by atoms with Gasteiger partial charge in [0.25, 0.3) is 5.91 Å². The number of nitrogens with zero attached hydrogens (tertiary/aromatic N) is 3. The van der Waals surface area contributed by atoms with Crippen LogP contribution >= 0.6 is 0 Å². The molecule has 9 nitrogen and oxygen atoms in total. The van der Waals surface area contributed by atoms with Crippen molar-refractivity contribution in [1.82, 2.24) is 20.0 Å². The van der Waals surface area contributed by atoms with E-state index in [0.717, 1.165) is 11.0 Å². The molecular weight excluding hydrogens is 386 g/mol. The smallest absolute Gasteiger partial charge is 0.329 e. The van der Waals surface area contributed by atoms with Crippen LogP contribution in [0.3, 0.4) is 0 Å². The molecule has 3 aromatic rings. The lowest BCUT2D eigenvalue weighted by molar-refractivity contribution is -0.130. The number of fused-ring (bicyclic) bond motifs is 1. The number of hydrogen-bond acceptors (Lipinski definition) is 5. The summed E-state index contributed by atoms with van der Waals surface area (Å²) in [5.41, 5.74) is 6.26. The quantitative estimate of drug-likeness (QED) is 0.573. The van der Waals surface area contributed by atoms with Crippen LogP contribution in [-0.4, -0.2) is 27.6 Å². The number of carbonyl (C=O) groups is 2. The Balaban J connectivity index is 1.52. The first-order chi connectivity index (χ1) is 14.5. The van der Waals surface area contributed by atoms with Crippen LogP contribution in [-0.2, 0) is 22.7 Å². The summed E-state index contributed by atoms with van der Waals surface area (Å²) in [6, 6.07) is 15.9. The Kier molecular flexibility index (Phi) is 6.49. The maximum Gasteiger partial charge on any atom is 0.329 e. The maximum atomic E-state index is 12.6. The Morgan fingerprint density at radius 3 is 2.33 bits per heavy atom. The number of ether oxygens (including phenoxy) is 1. The average molecular weight is 407 g/mol. The highest BCUT2D eigenvalue weighted by Gasteiger charge is 2.13. The lowest BCUT2D eigenvalue weighted by Gasteiger charge is -2.10. The van der Waals surface area contributed by atoms with Crippen molar-refractivity contribution in [3.05, 3.63) is 64.6 Å². The van der Waals surface area contributed by atoms with Gasteiger partial charge in [-0.05, 0) is 31.2 Å². The lowest BCUT2D eigenvalue weighted by atomic mass is 10.2. The van der Waals surface area contributed by atoms with Crippen LogP contribution in [0, 0.1) is 11.3 Å². The molecule has 9 heteroatoms. The number of imidazole rings is 1. The molecule has 0 aliphatic carbocycles. The monoisotopic (exact) mass is 407 g/mol. The van der Waals surface area contributed by atoms with Gasteiger partial charge in [-0.2, -0.15) is 5.26 Å². The summed E-state index contributed by atoms with van der Waals surface area (Å²) in [6.07, 6.45) is 0.00995. The second-order valence-corrected chi connectivity index (χ2v) is 6.41. The second kappa shape index (κ2) is 9.43. The number of hydrazine groups is 1. The zero-order valence-corrected chi connectivity index (χ0v) is 16.4. The van der Waals surface area contributed by atoms with Gasteiger partial charge >= 0.3 is 5.69 Å². The molecule has 3 rings (SSSR count). The summed E-state index contributed by atoms with van der Waals surface area (Å²) in [4.78, 5) is 36.5. The standard InChI is InChI=1S/C21H21N5O4/c1-2-25-16-8-4-5-9-17(16)26(21(25)29)12-11-19(27)23-24-20(28)14-30-18-10-6-3-7-15(18)13-22/h3-10H,2,11-12,14H2,1H3,(H,23,27)(H,24,28). The van der Waals surface area contributed by atoms with Gasteiger partial charge in [0, 0.05) is 19.5 Å². The number of aromatic nitrogens is 2. The number of aryl methyl sites for hydroxylation is 2. The molecule has 0 bridgehead atoms. The highest BCUT2D eigenvalue weighted by Crippen LogP contribution is 2.16. The van der Waals surface area contributed by atoms with Crippen LogP contribution in [0.15, 0.2) is 53.3 Å². The molecule has 154 valence electrons. The molecule has 2 aromatic carbocycles. The molecule has 30 heavy (non-hydrogen) atoms. The fourth-order valence-corrected chi connectivity index (χ4v) is 3.07. The van der Waals surface area contributed by atoms with Crippen LogP contribution in [0.5, 0.6) is 5.75 Å². The van der Waals surface area contributed by atoms with Gasteiger partial charge in [-0.1, -0.05) is 24.3 Å². The fourth-order valence-electron chi connectivity index (χ4n) is 3.07. The molecule has 0 saturated carbocycles. The van der Waals surface area contributed by atoms with Gasteiger partial charge in [-0.25, -0.2) is 4.79 Å². The first-order valence-corrected chi connectivity index (χ1v) is 9.42. The van der Waals surface area contributed by atoms with Crippen molar-refractivity contribution >= 4 is 22.8 Å². The molecule has 0 aliphatic heterocycles. The number of rotatable bonds is 7. The van der Waals surface area contributed by atoms with Crippen LogP contribution in [0.1, 0.15) is 18.9 Å². The Morgan fingerprint density at radius 2 is 1.63 bits per heavy atom. The Bertz CT molecular complexity index is 1170. The summed E-state index contributed by atoms with van der Waals surface area (Å²) in [5.74, 6) is -0.731. The van der Waals surface area contributed by atoms with E-state index in [0.29, 0.717) is 12.1 Å². The van der Waals surface area contributed by atoms with Crippen LogP contribution in [0.4, 0.5) is 0 Å². The predicted octanol–water partition coefficient (Wildman–Crippen LogP) is 1.31. The van der Waals surface area contributed by atoms with E-state index in [-0.39, 0.29) is 31.0 Å².